The molecule has 0 aliphatic carbocycles. The van der Waals surface area contributed by atoms with Crippen LogP contribution in [0.1, 0.15) is 32.8 Å². The van der Waals surface area contributed by atoms with Crippen LogP contribution < -0.4 is 0 Å². The second-order valence-corrected chi connectivity index (χ2v) is 4.87. The molecule has 1 heterocycles. The maximum absolute atomic E-state index is 10.7. The zero-order valence-corrected chi connectivity index (χ0v) is 10.6. The molecule has 2 rings (SSSR count). The summed E-state index contributed by atoms with van der Waals surface area (Å²) in [5.74, 6) is 0.204. The van der Waals surface area contributed by atoms with Crippen molar-refractivity contribution >= 4 is 10.8 Å². The van der Waals surface area contributed by atoms with Gasteiger partial charge < -0.3 is 5.11 Å². The van der Waals surface area contributed by atoms with Crippen LogP contribution in [0, 0.1) is 5.92 Å². The Bertz CT molecular complexity index is 514. The molecule has 0 radical (unpaired) electrons. The van der Waals surface area contributed by atoms with Crippen LogP contribution in [0.2, 0.25) is 0 Å². The van der Waals surface area contributed by atoms with E-state index in [9.17, 15) is 5.11 Å². The highest BCUT2D eigenvalue weighted by atomic mass is 16.3. The van der Waals surface area contributed by atoms with Gasteiger partial charge in [0, 0.05) is 23.3 Å². The van der Waals surface area contributed by atoms with Crippen molar-refractivity contribution in [1.29, 1.82) is 0 Å². The van der Waals surface area contributed by atoms with Gasteiger partial charge in [-0.1, -0.05) is 44.5 Å². The lowest BCUT2D eigenvalue weighted by Crippen LogP contribution is -2.29. The van der Waals surface area contributed by atoms with Gasteiger partial charge in [0.25, 0.3) is 0 Å². The molecule has 0 aliphatic rings. The molecular weight excluding hydrogens is 210 g/mol. The fourth-order valence-electron chi connectivity index (χ4n) is 2.18. The van der Waals surface area contributed by atoms with Crippen molar-refractivity contribution in [1.82, 2.24) is 4.98 Å². The Balaban J connectivity index is 2.63. The molecule has 2 unspecified atom stereocenters. The Kier molecular flexibility index (Phi) is 3.16. The Labute approximate surface area is 102 Å². The molecule has 17 heavy (non-hydrogen) atoms. The van der Waals surface area contributed by atoms with Crippen LogP contribution in [-0.4, -0.2) is 10.1 Å². The maximum Gasteiger partial charge on any atom is 0.0914 e. The molecule has 2 atom stereocenters. The van der Waals surface area contributed by atoms with Crippen molar-refractivity contribution < 1.29 is 5.11 Å². The lowest BCUT2D eigenvalue weighted by atomic mass is 9.81. The molecule has 0 saturated heterocycles. The second-order valence-electron chi connectivity index (χ2n) is 4.87. The first kappa shape index (κ1) is 12.1. The van der Waals surface area contributed by atoms with E-state index >= 15 is 0 Å². The van der Waals surface area contributed by atoms with E-state index in [0.717, 1.165) is 22.8 Å². The molecule has 1 aromatic heterocycles. The topological polar surface area (TPSA) is 33.1 Å². The van der Waals surface area contributed by atoms with Gasteiger partial charge in [-0.25, -0.2) is 0 Å². The lowest BCUT2D eigenvalue weighted by Gasteiger charge is -2.30. The van der Waals surface area contributed by atoms with E-state index in [4.69, 9.17) is 0 Å². The molecule has 90 valence electrons. The van der Waals surface area contributed by atoms with Gasteiger partial charge in [-0.15, -0.1) is 0 Å². The van der Waals surface area contributed by atoms with E-state index in [1.54, 1.807) is 6.20 Å². The van der Waals surface area contributed by atoms with Gasteiger partial charge in [0.2, 0.25) is 0 Å². The van der Waals surface area contributed by atoms with Gasteiger partial charge in [0.15, 0.2) is 0 Å². The number of rotatable bonds is 3. The van der Waals surface area contributed by atoms with Gasteiger partial charge in [-0.2, -0.15) is 0 Å². The van der Waals surface area contributed by atoms with Gasteiger partial charge >= 0.3 is 0 Å². The van der Waals surface area contributed by atoms with E-state index in [1.165, 1.54) is 0 Å². The van der Waals surface area contributed by atoms with Gasteiger partial charge in [-0.05, 0) is 18.2 Å². The summed E-state index contributed by atoms with van der Waals surface area (Å²) in [7, 11) is 0. The van der Waals surface area contributed by atoms with Crippen molar-refractivity contribution in [2.75, 3.05) is 0 Å². The molecule has 2 nitrogen and oxygen atoms in total. The summed E-state index contributed by atoms with van der Waals surface area (Å²) in [6.07, 6.45) is 4.57. The number of fused-ring (bicyclic) bond motifs is 1. The Morgan fingerprint density at radius 1 is 1.29 bits per heavy atom. The summed E-state index contributed by atoms with van der Waals surface area (Å²) in [6, 6.07) is 8.06. The predicted molar refractivity (Wildman–Crippen MR) is 70.8 cm³/mol. The van der Waals surface area contributed by atoms with Crippen LogP contribution in [0.15, 0.2) is 36.7 Å². The quantitative estimate of drug-likeness (QED) is 0.874. The number of hydrogen-bond acceptors (Lipinski definition) is 2. The van der Waals surface area contributed by atoms with Crippen molar-refractivity contribution in [3.63, 3.8) is 0 Å². The van der Waals surface area contributed by atoms with E-state index in [-0.39, 0.29) is 5.92 Å². The molecule has 1 aromatic carbocycles. The molecule has 1 N–H and O–H groups in total. The van der Waals surface area contributed by atoms with Crippen LogP contribution in [0.5, 0.6) is 0 Å². The third-order valence-electron chi connectivity index (χ3n) is 3.79. The smallest absolute Gasteiger partial charge is 0.0914 e. The third-order valence-corrected chi connectivity index (χ3v) is 3.79. The maximum atomic E-state index is 10.7. The van der Waals surface area contributed by atoms with E-state index < -0.39 is 5.60 Å². The van der Waals surface area contributed by atoms with Crippen molar-refractivity contribution in [3.05, 3.63) is 42.2 Å². The average Bonchev–Trinajstić information content (AvgIpc) is 2.37. The zero-order valence-electron chi connectivity index (χ0n) is 10.6. The highest BCUT2D eigenvalue weighted by Crippen LogP contribution is 2.34. The lowest BCUT2D eigenvalue weighted by molar-refractivity contribution is 0.00114. The molecule has 0 saturated carbocycles. The minimum Gasteiger partial charge on any atom is -0.385 e. The number of nitrogens with zero attached hydrogens (tertiary/aromatic N) is 1. The summed E-state index contributed by atoms with van der Waals surface area (Å²) in [4.78, 5) is 4.24. The summed E-state index contributed by atoms with van der Waals surface area (Å²) in [6.45, 7) is 6.05. The van der Waals surface area contributed by atoms with E-state index in [0.29, 0.717) is 0 Å². The monoisotopic (exact) mass is 229 g/mol. The Hall–Kier alpha value is -1.41. The van der Waals surface area contributed by atoms with E-state index in [2.05, 4.69) is 18.8 Å². The van der Waals surface area contributed by atoms with E-state index in [1.807, 2.05) is 37.4 Å². The number of benzene rings is 1. The molecule has 2 aromatic rings. The molecule has 0 spiro atoms. The molecule has 0 fully saturated rings. The van der Waals surface area contributed by atoms with Crippen molar-refractivity contribution in [2.45, 2.75) is 32.8 Å². The molecule has 2 heteroatoms. The van der Waals surface area contributed by atoms with Gasteiger partial charge in [0.1, 0.15) is 0 Å². The van der Waals surface area contributed by atoms with Crippen LogP contribution in [0.3, 0.4) is 0 Å². The highest BCUT2D eigenvalue weighted by Gasteiger charge is 2.30. The van der Waals surface area contributed by atoms with Gasteiger partial charge in [0.05, 0.1) is 5.60 Å². The Morgan fingerprint density at radius 3 is 2.71 bits per heavy atom. The van der Waals surface area contributed by atoms with Crippen LogP contribution >= 0.6 is 0 Å². The fourth-order valence-corrected chi connectivity index (χ4v) is 2.18. The normalized spacial score (nSPS) is 16.7. The Morgan fingerprint density at radius 2 is 2.00 bits per heavy atom. The van der Waals surface area contributed by atoms with Crippen molar-refractivity contribution in [3.8, 4) is 0 Å². The minimum atomic E-state index is -0.831. The first-order valence-electron chi connectivity index (χ1n) is 6.13. The molecular formula is C15H19NO. The van der Waals surface area contributed by atoms with Crippen LogP contribution in [0.4, 0.5) is 0 Å². The summed E-state index contributed by atoms with van der Waals surface area (Å²) in [5.41, 5.74) is 0.0905. The molecule has 0 amide bonds. The largest absolute Gasteiger partial charge is 0.385 e. The van der Waals surface area contributed by atoms with Crippen molar-refractivity contribution in [2.24, 2.45) is 5.92 Å². The standard InChI is InChI=1S/C15H19NO/c1-4-11(2)15(3,17)14-10-16-9-12-7-5-6-8-13(12)14/h5-11,17H,4H2,1-3H3. The molecule has 0 aliphatic heterocycles. The average molecular weight is 229 g/mol. The minimum absolute atomic E-state index is 0.204. The first-order valence-corrected chi connectivity index (χ1v) is 6.13. The number of aliphatic hydroxyl groups is 1. The summed E-state index contributed by atoms with van der Waals surface area (Å²) < 4.78 is 0. The predicted octanol–water partition coefficient (Wildman–Crippen LogP) is 3.49. The third kappa shape index (κ3) is 2.05. The van der Waals surface area contributed by atoms with Gasteiger partial charge in [-0.3, -0.25) is 4.98 Å². The summed E-state index contributed by atoms with van der Waals surface area (Å²) in [5, 5.41) is 12.9. The van der Waals surface area contributed by atoms with Crippen LogP contribution in [0.25, 0.3) is 10.8 Å². The number of pyridine rings is 1. The fraction of sp³-hybridized carbons (Fsp3) is 0.400. The highest BCUT2D eigenvalue weighted by molar-refractivity contribution is 5.85. The molecule has 0 bridgehead atoms. The summed E-state index contributed by atoms with van der Waals surface area (Å²) >= 11 is 0. The second kappa shape index (κ2) is 4.46. The number of aromatic nitrogens is 1. The van der Waals surface area contributed by atoms with Crippen LogP contribution in [-0.2, 0) is 5.60 Å². The zero-order chi connectivity index (χ0) is 12.5. The SMILES string of the molecule is CCC(C)C(C)(O)c1cncc2ccccc12. The first-order chi connectivity index (χ1) is 8.07. The number of hydrogen-bond donors (Lipinski definition) is 1.